The number of benzene rings is 1. The van der Waals surface area contributed by atoms with Gasteiger partial charge < -0.3 is 9.47 Å². The maximum Gasteiger partial charge on any atom is 0.161 e. The minimum Gasteiger partial charge on any atom is -0.493 e. The zero-order valence-corrected chi connectivity index (χ0v) is 15.4. The number of nitrogens with zero attached hydrogens (tertiary/aromatic N) is 3. The Bertz CT molecular complexity index is 818. The first-order chi connectivity index (χ1) is 12.1. The van der Waals surface area contributed by atoms with Gasteiger partial charge in [0.2, 0.25) is 0 Å². The van der Waals surface area contributed by atoms with Crippen molar-refractivity contribution in [1.82, 2.24) is 9.78 Å². The van der Waals surface area contributed by atoms with Crippen LogP contribution in [0.3, 0.4) is 0 Å². The molecular formula is C20H25N3O2. The molecule has 0 spiro atoms. The van der Waals surface area contributed by atoms with E-state index in [0.717, 1.165) is 40.6 Å². The van der Waals surface area contributed by atoms with Gasteiger partial charge in [-0.15, -0.1) is 0 Å². The van der Waals surface area contributed by atoms with Crippen molar-refractivity contribution in [1.29, 1.82) is 0 Å². The van der Waals surface area contributed by atoms with Gasteiger partial charge in [-0.1, -0.05) is 12.8 Å². The highest BCUT2D eigenvalue weighted by Crippen LogP contribution is 2.44. The Morgan fingerprint density at radius 3 is 2.44 bits per heavy atom. The summed E-state index contributed by atoms with van der Waals surface area (Å²) in [4.78, 5) is 5.15. The molecule has 2 atom stereocenters. The van der Waals surface area contributed by atoms with Crippen molar-refractivity contribution in [2.45, 2.75) is 44.6 Å². The second-order valence-electron chi connectivity index (χ2n) is 7.03. The van der Waals surface area contributed by atoms with Crippen molar-refractivity contribution >= 4 is 5.71 Å². The minimum absolute atomic E-state index is 0.344. The van der Waals surface area contributed by atoms with Gasteiger partial charge in [0.25, 0.3) is 0 Å². The molecule has 5 nitrogen and oxygen atoms in total. The van der Waals surface area contributed by atoms with Crippen molar-refractivity contribution in [2.75, 3.05) is 14.2 Å². The second kappa shape index (κ2) is 6.21. The molecule has 2 aromatic rings. The summed E-state index contributed by atoms with van der Waals surface area (Å²) in [5.41, 5.74) is 5.53. The SMILES string of the molecule is COc1cc2c(cc1OC)C1CCCCC1N=C2c1cc(C)n(C)n1. The lowest BCUT2D eigenvalue weighted by Gasteiger charge is -2.35. The van der Waals surface area contributed by atoms with Crippen molar-refractivity contribution in [2.24, 2.45) is 12.0 Å². The van der Waals surface area contributed by atoms with Crippen LogP contribution in [-0.4, -0.2) is 35.8 Å². The van der Waals surface area contributed by atoms with Crippen LogP contribution in [0.2, 0.25) is 0 Å². The van der Waals surface area contributed by atoms with Crippen molar-refractivity contribution < 1.29 is 9.47 Å². The predicted molar refractivity (Wildman–Crippen MR) is 98.1 cm³/mol. The van der Waals surface area contributed by atoms with E-state index in [0.29, 0.717) is 12.0 Å². The van der Waals surface area contributed by atoms with Gasteiger partial charge in [-0.2, -0.15) is 5.10 Å². The molecule has 0 saturated heterocycles. The van der Waals surface area contributed by atoms with Crippen LogP contribution in [-0.2, 0) is 7.05 Å². The molecule has 0 amide bonds. The van der Waals surface area contributed by atoms with Crippen molar-refractivity contribution in [3.05, 3.63) is 40.7 Å². The number of ether oxygens (including phenoxy) is 2. The van der Waals surface area contributed by atoms with Gasteiger partial charge in [0.1, 0.15) is 5.69 Å². The Balaban J connectivity index is 1.91. The molecular weight excluding hydrogens is 314 g/mol. The second-order valence-corrected chi connectivity index (χ2v) is 7.03. The molecule has 132 valence electrons. The van der Waals surface area contributed by atoms with Gasteiger partial charge in [-0.05, 0) is 43.5 Å². The monoisotopic (exact) mass is 339 g/mol. The first kappa shape index (κ1) is 16.2. The molecule has 2 aliphatic rings. The molecule has 2 heterocycles. The number of aromatic nitrogens is 2. The molecule has 1 aliphatic carbocycles. The fraction of sp³-hybridized carbons (Fsp3) is 0.500. The first-order valence-electron chi connectivity index (χ1n) is 8.97. The Morgan fingerprint density at radius 2 is 1.76 bits per heavy atom. The topological polar surface area (TPSA) is 48.6 Å². The van der Waals surface area contributed by atoms with Crippen LogP contribution in [0.25, 0.3) is 0 Å². The summed E-state index contributed by atoms with van der Waals surface area (Å²) in [6.07, 6.45) is 4.85. The van der Waals surface area contributed by atoms with E-state index in [2.05, 4.69) is 30.2 Å². The van der Waals surface area contributed by atoms with Gasteiger partial charge in [0, 0.05) is 24.2 Å². The lowest BCUT2D eigenvalue weighted by molar-refractivity contribution is 0.349. The normalized spacial score (nSPS) is 22.0. The van der Waals surface area contributed by atoms with Crippen LogP contribution < -0.4 is 9.47 Å². The molecule has 4 rings (SSSR count). The summed E-state index contributed by atoms with van der Waals surface area (Å²) in [6, 6.07) is 6.68. The Morgan fingerprint density at radius 1 is 1.04 bits per heavy atom. The average Bonchev–Trinajstić information content (AvgIpc) is 2.98. The molecule has 5 heteroatoms. The lowest BCUT2D eigenvalue weighted by atomic mass is 9.75. The van der Waals surface area contributed by atoms with E-state index in [1.807, 2.05) is 11.7 Å². The highest BCUT2D eigenvalue weighted by molar-refractivity contribution is 6.14. The van der Waals surface area contributed by atoms with Gasteiger partial charge in [-0.25, -0.2) is 0 Å². The third kappa shape index (κ3) is 2.62. The largest absolute Gasteiger partial charge is 0.493 e. The maximum atomic E-state index is 5.56. The molecule has 0 bridgehead atoms. The van der Waals surface area contributed by atoms with Crippen LogP contribution >= 0.6 is 0 Å². The van der Waals surface area contributed by atoms with Crippen LogP contribution in [0.15, 0.2) is 23.2 Å². The number of fused-ring (bicyclic) bond motifs is 3. The van der Waals surface area contributed by atoms with E-state index in [4.69, 9.17) is 14.5 Å². The quantitative estimate of drug-likeness (QED) is 0.858. The molecule has 1 aliphatic heterocycles. The van der Waals surface area contributed by atoms with E-state index < -0.39 is 0 Å². The summed E-state index contributed by atoms with van der Waals surface area (Å²) >= 11 is 0. The van der Waals surface area contributed by atoms with Crippen LogP contribution in [0.5, 0.6) is 11.5 Å². The van der Waals surface area contributed by atoms with E-state index in [1.54, 1.807) is 14.2 Å². The van der Waals surface area contributed by atoms with Crippen LogP contribution in [0, 0.1) is 6.92 Å². The van der Waals surface area contributed by atoms with Crippen molar-refractivity contribution in [3.8, 4) is 11.5 Å². The molecule has 0 radical (unpaired) electrons. The summed E-state index contributed by atoms with van der Waals surface area (Å²) in [7, 11) is 5.35. The number of hydrogen-bond donors (Lipinski definition) is 0. The van der Waals surface area contributed by atoms with Crippen molar-refractivity contribution in [3.63, 3.8) is 0 Å². The lowest BCUT2D eigenvalue weighted by Crippen LogP contribution is -2.29. The van der Waals surface area contributed by atoms with Crippen LogP contribution in [0.4, 0.5) is 0 Å². The highest BCUT2D eigenvalue weighted by Gasteiger charge is 2.35. The van der Waals surface area contributed by atoms with E-state index in [9.17, 15) is 0 Å². The molecule has 1 fully saturated rings. The van der Waals surface area contributed by atoms with E-state index in [1.165, 1.54) is 24.8 Å². The minimum atomic E-state index is 0.344. The summed E-state index contributed by atoms with van der Waals surface area (Å²) in [6.45, 7) is 2.07. The zero-order chi connectivity index (χ0) is 17.6. The van der Waals surface area contributed by atoms with Gasteiger partial charge in [0.05, 0.1) is 26.0 Å². The molecule has 25 heavy (non-hydrogen) atoms. The number of aliphatic imine (C=N–C) groups is 1. The Kier molecular flexibility index (Phi) is 4.02. The van der Waals surface area contributed by atoms with Gasteiger partial charge >= 0.3 is 0 Å². The number of rotatable bonds is 3. The first-order valence-corrected chi connectivity index (χ1v) is 8.97. The fourth-order valence-electron chi connectivity index (χ4n) is 4.15. The Labute approximate surface area is 148 Å². The summed E-state index contributed by atoms with van der Waals surface area (Å²) in [5.74, 6) is 2.01. The van der Waals surface area contributed by atoms with Crippen LogP contribution in [0.1, 0.15) is 54.1 Å². The Hall–Kier alpha value is -2.30. The van der Waals surface area contributed by atoms with E-state index in [-0.39, 0.29) is 0 Å². The fourth-order valence-corrected chi connectivity index (χ4v) is 4.15. The van der Waals surface area contributed by atoms with Gasteiger partial charge in [0.15, 0.2) is 11.5 Å². The summed E-state index contributed by atoms with van der Waals surface area (Å²) < 4.78 is 13.0. The predicted octanol–water partition coefficient (Wildman–Crippen LogP) is 3.62. The number of methoxy groups -OCH3 is 2. The summed E-state index contributed by atoms with van der Waals surface area (Å²) in [5, 5.41) is 4.68. The zero-order valence-electron chi connectivity index (χ0n) is 15.4. The average molecular weight is 339 g/mol. The standard InChI is InChI=1S/C20H25N3O2/c1-12-9-17(22-23(12)2)20-15-11-19(25-4)18(24-3)10-14(15)13-7-5-6-8-16(13)21-20/h9-11,13,16H,5-8H2,1-4H3. The highest BCUT2D eigenvalue weighted by atomic mass is 16.5. The smallest absolute Gasteiger partial charge is 0.161 e. The molecule has 2 unspecified atom stereocenters. The maximum absolute atomic E-state index is 5.56. The van der Waals surface area contributed by atoms with Gasteiger partial charge in [-0.3, -0.25) is 9.67 Å². The molecule has 1 aromatic carbocycles. The number of hydrogen-bond acceptors (Lipinski definition) is 4. The third-order valence-corrected chi connectivity index (χ3v) is 5.59. The third-order valence-electron chi connectivity index (χ3n) is 5.59. The molecule has 0 N–H and O–H groups in total. The number of aryl methyl sites for hydroxylation is 2. The molecule has 1 aromatic heterocycles. The molecule has 1 saturated carbocycles. The van der Waals surface area contributed by atoms with E-state index >= 15 is 0 Å².